The number of likely N-dealkylation sites (N-methyl/N-ethyl adjacent to an activating group) is 1. The number of carbonyl (C=O) groups excluding carboxylic acids is 2. The fourth-order valence-electron chi connectivity index (χ4n) is 2.60. The third kappa shape index (κ3) is 4.57. The Morgan fingerprint density at radius 1 is 1.46 bits per heavy atom. The van der Waals surface area contributed by atoms with Crippen LogP contribution in [0.15, 0.2) is 24.3 Å². The number of nitrogens with one attached hydrogen (secondary N) is 1. The highest BCUT2D eigenvalue weighted by atomic mass is 35.5. The van der Waals surface area contributed by atoms with Crippen LogP contribution in [0.1, 0.15) is 31.7 Å². The van der Waals surface area contributed by atoms with Crippen molar-refractivity contribution in [3.05, 3.63) is 34.9 Å². The van der Waals surface area contributed by atoms with Crippen LogP contribution in [0, 0.1) is 0 Å². The van der Waals surface area contributed by atoms with E-state index in [0.29, 0.717) is 30.4 Å². The second-order valence-corrected chi connectivity index (χ2v) is 7.43. The molecule has 2 rings (SSSR count). The normalized spacial score (nSPS) is 17.5. The van der Waals surface area contributed by atoms with Crippen molar-refractivity contribution >= 4 is 35.3 Å². The Bertz CT molecular complexity index is 597. The van der Waals surface area contributed by atoms with E-state index < -0.39 is 0 Å². The summed E-state index contributed by atoms with van der Waals surface area (Å²) in [4.78, 5) is 28.0. The van der Waals surface area contributed by atoms with Crippen LogP contribution in [-0.2, 0) is 4.79 Å². The summed E-state index contributed by atoms with van der Waals surface area (Å²) < 4.78 is 0. The largest absolute Gasteiger partial charge is 0.336 e. The molecule has 1 N–H and O–H groups in total. The minimum Gasteiger partial charge on any atom is -0.336 e. The number of rotatable bonds is 6. The van der Waals surface area contributed by atoms with Gasteiger partial charge in [-0.1, -0.05) is 29.8 Å². The van der Waals surface area contributed by atoms with Gasteiger partial charge in [0.15, 0.2) is 0 Å². The fourth-order valence-corrected chi connectivity index (χ4v) is 4.16. The summed E-state index contributed by atoms with van der Waals surface area (Å²) in [6.45, 7) is 7.40. The molecule has 1 aliphatic rings. The highest BCUT2D eigenvalue weighted by Gasteiger charge is 2.34. The van der Waals surface area contributed by atoms with Gasteiger partial charge in [-0.2, -0.15) is 0 Å². The maximum Gasteiger partial charge on any atom is 0.317 e. The zero-order valence-corrected chi connectivity index (χ0v) is 15.9. The molecule has 5 nitrogen and oxygen atoms in total. The zero-order chi connectivity index (χ0) is 17.7. The van der Waals surface area contributed by atoms with E-state index in [4.69, 9.17) is 11.6 Å². The van der Waals surface area contributed by atoms with Gasteiger partial charge in [-0.15, -0.1) is 11.8 Å². The van der Waals surface area contributed by atoms with Gasteiger partial charge in [0.1, 0.15) is 5.37 Å². The molecule has 1 atom stereocenters. The van der Waals surface area contributed by atoms with Gasteiger partial charge in [0, 0.05) is 36.3 Å². The predicted molar refractivity (Wildman–Crippen MR) is 99.3 cm³/mol. The van der Waals surface area contributed by atoms with Gasteiger partial charge in [0.05, 0.1) is 5.75 Å². The van der Waals surface area contributed by atoms with Crippen molar-refractivity contribution in [1.29, 1.82) is 0 Å². The van der Waals surface area contributed by atoms with Crippen LogP contribution < -0.4 is 5.32 Å². The standard InChI is InChI=1S/C17H24ClN3O2S/c1-4-20(17(23)19-12(2)3)9-10-21-15(22)11-24-16(21)13-7-5-6-8-14(13)18/h5-8,12,16H,4,9-11H2,1-3H3,(H,19,23). The Morgan fingerprint density at radius 3 is 2.79 bits per heavy atom. The van der Waals surface area contributed by atoms with E-state index in [2.05, 4.69) is 5.32 Å². The van der Waals surface area contributed by atoms with E-state index in [0.717, 1.165) is 5.56 Å². The third-order valence-corrected chi connectivity index (χ3v) is 5.41. The second kappa shape index (κ2) is 8.62. The van der Waals surface area contributed by atoms with Crippen molar-refractivity contribution in [2.75, 3.05) is 25.4 Å². The molecule has 1 aromatic carbocycles. The number of amides is 3. The average molecular weight is 370 g/mol. The van der Waals surface area contributed by atoms with E-state index in [1.54, 1.807) is 16.7 Å². The lowest BCUT2D eigenvalue weighted by Crippen LogP contribution is -2.46. The lowest BCUT2D eigenvalue weighted by atomic mass is 10.2. The van der Waals surface area contributed by atoms with Crippen molar-refractivity contribution in [1.82, 2.24) is 15.1 Å². The van der Waals surface area contributed by atoms with E-state index in [-0.39, 0.29) is 23.4 Å². The van der Waals surface area contributed by atoms with Crippen molar-refractivity contribution in [2.24, 2.45) is 0 Å². The molecule has 24 heavy (non-hydrogen) atoms. The topological polar surface area (TPSA) is 52.7 Å². The van der Waals surface area contributed by atoms with Gasteiger partial charge >= 0.3 is 6.03 Å². The van der Waals surface area contributed by atoms with Crippen molar-refractivity contribution < 1.29 is 9.59 Å². The minimum atomic E-state index is -0.0962. The first kappa shape index (κ1) is 18.9. The highest BCUT2D eigenvalue weighted by molar-refractivity contribution is 8.00. The first-order chi connectivity index (χ1) is 11.4. The van der Waals surface area contributed by atoms with Crippen molar-refractivity contribution in [3.8, 4) is 0 Å². The Hall–Kier alpha value is -1.40. The van der Waals surface area contributed by atoms with Gasteiger partial charge in [-0.25, -0.2) is 4.79 Å². The van der Waals surface area contributed by atoms with Crippen LogP contribution in [0.3, 0.4) is 0 Å². The van der Waals surface area contributed by atoms with Gasteiger partial charge in [0.25, 0.3) is 0 Å². The molecule has 1 unspecified atom stereocenters. The summed E-state index contributed by atoms with van der Waals surface area (Å²) in [5.74, 6) is 0.533. The van der Waals surface area contributed by atoms with Crippen molar-refractivity contribution in [2.45, 2.75) is 32.2 Å². The molecular weight excluding hydrogens is 346 g/mol. The number of thioether (sulfide) groups is 1. The van der Waals surface area contributed by atoms with E-state index in [9.17, 15) is 9.59 Å². The molecular formula is C17H24ClN3O2S. The van der Waals surface area contributed by atoms with Crippen LogP contribution in [0.25, 0.3) is 0 Å². The summed E-state index contributed by atoms with van der Waals surface area (Å²) in [7, 11) is 0. The molecule has 0 bridgehead atoms. The molecule has 1 heterocycles. The maximum absolute atomic E-state index is 12.3. The predicted octanol–water partition coefficient (Wildman–Crippen LogP) is 3.35. The number of nitrogens with zero attached hydrogens (tertiary/aromatic N) is 2. The van der Waals surface area contributed by atoms with Gasteiger partial charge in [0.2, 0.25) is 5.91 Å². The lowest BCUT2D eigenvalue weighted by molar-refractivity contribution is -0.128. The summed E-state index contributed by atoms with van der Waals surface area (Å²) in [6.07, 6.45) is 0. The molecule has 1 fully saturated rings. The van der Waals surface area contributed by atoms with Crippen LogP contribution >= 0.6 is 23.4 Å². The van der Waals surface area contributed by atoms with Gasteiger partial charge < -0.3 is 15.1 Å². The summed E-state index contributed by atoms with van der Waals surface area (Å²) in [6, 6.07) is 7.60. The Balaban J connectivity index is 2.05. The molecule has 3 amide bonds. The smallest absolute Gasteiger partial charge is 0.317 e. The number of hydrogen-bond donors (Lipinski definition) is 1. The van der Waals surface area contributed by atoms with E-state index in [1.807, 2.05) is 49.9 Å². The number of urea groups is 1. The number of halogens is 1. The Morgan fingerprint density at radius 2 is 2.17 bits per heavy atom. The SMILES string of the molecule is CCN(CCN1C(=O)CSC1c1ccccc1Cl)C(=O)NC(C)C. The first-order valence-electron chi connectivity index (χ1n) is 8.15. The molecule has 0 radical (unpaired) electrons. The van der Waals surface area contributed by atoms with Crippen LogP contribution in [0.4, 0.5) is 4.79 Å². The van der Waals surface area contributed by atoms with Crippen LogP contribution in [0.2, 0.25) is 5.02 Å². The number of benzene rings is 1. The van der Waals surface area contributed by atoms with Crippen LogP contribution in [-0.4, -0.2) is 53.2 Å². The summed E-state index contributed by atoms with van der Waals surface area (Å²) in [5.41, 5.74) is 0.949. The van der Waals surface area contributed by atoms with Crippen LogP contribution in [0.5, 0.6) is 0 Å². The quantitative estimate of drug-likeness (QED) is 0.836. The van der Waals surface area contributed by atoms with E-state index in [1.165, 1.54) is 0 Å². The van der Waals surface area contributed by atoms with Gasteiger partial charge in [-0.05, 0) is 26.8 Å². The lowest BCUT2D eigenvalue weighted by Gasteiger charge is -2.29. The molecule has 0 aliphatic carbocycles. The molecule has 1 saturated heterocycles. The second-order valence-electron chi connectivity index (χ2n) is 5.96. The first-order valence-corrected chi connectivity index (χ1v) is 9.57. The fraction of sp³-hybridized carbons (Fsp3) is 0.529. The molecule has 1 aliphatic heterocycles. The zero-order valence-electron chi connectivity index (χ0n) is 14.3. The maximum atomic E-state index is 12.3. The monoisotopic (exact) mass is 369 g/mol. The Kier molecular flexibility index (Phi) is 6.80. The highest BCUT2D eigenvalue weighted by Crippen LogP contribution is 2.41. The molecule has 1 aromatic rings. The minimum absolute atomic E-state index is 0.0851. The van der Waals surface area contributed by atoms with E-state index >= 15 is 0 Å². The summed E-state index contributed by atoms with van der Waals surface area (Å²) in [5, 5.41) is 3.47. The van der Waals surface area contributed by atoms with Gasteiger partial charge in [-0.3, -0.25) is 4.79 Å². The summed E-state index contributed by atoms with van der Waals surface area (Å²) >= 11 is 7.87. The molecule has 132 valence electrons. The molecule has 0 aromatic heterocycles. The number of hydrogen-bond acceptors (Lipinski definition) is 3. The average Bonchev–Trinajstić information content (AvgIpc) is 2.89. The third-order valence-electron chi connectivity index (χ3n) is 3.83. The molecule has 0 spiro atoms. The Labute approximate surface area is 152 Å². The van der Waals surface area contributed by atoms with Crippen molar-refractivity contribution in [3.63, 3.8) is 0 Å². The molecule has 7 heteroatoms. The number of carbonyl (C=O) groups is 2. The molecule has 0 saturated carbocycles.